The van der Waals surface area contributed by atoms with Crippen molar-refractivity contribution in [3.63, 3.8) is 0 Å². The maximum Gasteiger partial charge on any atom is 0.340 e. The van der Waals surface area contributed by atoms with Gasteiger partial charge in [-0.25, -0.2) is 15.0 Å². The number of aromatic nitrogens is 4. The molecule has 27 heavy (non-hydrogen) atoms. The number of aliphatic hydroxyl groups excluding tert-OH is 1. The lowest BCUT2D eigenvalue weighted by atomic mass is 10.1. The van der Waals surface area contributed by atoms with Gasteiger partial charge in [0.2, 0.25) is 0 Å². The van der Waals surface area contributed by atoms with Crippen molar-refractivity contribution in [2.45, 2.75) is 24.5 Å². The maximum absolute atomic E-state index is 11.7. The number of ether oxygens (including phenoxy) is 1. The number of hydrogen-bond acceptors (Lipinski definition) is 10. The summed E-state index contributed by atoms with van der Waals surface area (Å²) in [6.07, 6.45) is -0.773. The van der Waals surface area contributed by atoms with Gasteiger partial charge in [0.15, 0.2) is 23.6 Å². The quantitative estimate of drug-likeness (QED) is 0.285. The summed E-state index contributed by atoms with van der Waals surface area (Å²) >= 11 is 0. The highest BCUT2D eigenvalue weighted by molar-refractivity contribution is 7.70. The predicted octanol–water partition coefficient (Wildman–Crippen LogP) is -1.67. The van der Waals surface area contributed by atoms with Gasteiger partial charge in [-0.3, -0.25) is 13.7 Å². The number of fused-ring (bicyclic) bond motifs is 1. The van der Waals surface area contributed by atoms with E-state index in [9.17, 15) is 19.1 Å². The number of aliphatic hydroxyl groups is 1. The van der Waals surface area contributed by atoms with E-state index in [1.807, 2.05) is 0 Å². The Kier molecular flexibility index (Phi) is 5.38. The van der Waals surface area contributed by atoms with Crippen molar-refractivity contribution in [1.82, 2.24) is 19.5 Å². The van der Waals surface area contributed by atoms with E-state index < -0.39 is 52.2 Å². The average molecular weight is 424 g/mol. The Morgan fingerprint density at radius 2 is 1.96 bits per heavy atom. The average Bonchev–Trinajstić information content (AvgIpc) is 3.07. The lowest BCUT2D eigenvalue weighted by molar-refractivity contribution is -0.0466. The Morgan fingerprint density at radius 3 is 2.63 bits per heavy atom. The van der Waals surface area contributed by atoms with Crippen LogP contribution in [0.1, 0.15) is 6.23 Å². The van der Waals surface area contributed by atoms with Gasteiger partial charge in [0.05, 0.1) is 19.0 Å². The third-order valence-electron chi connectivity index (χ3n) is 3.89. The van der Waals surface area contributed by atoms with Crippen LogP contribution < -0.4 is 11.5 Å². The molecule has 1 unspecified atom stereocenters. The molecule has 1 saturated heterocycles. The van der Waals surface area contributed by atoms with Gasteiger partial charge in [-0.2, -0.15) is 0 Å². The molecule has 3 heterocycles. The molecule has 0 saturated carbocycles. The van der Waals surface area contributed by atoms with Crippen LogP contribution in [0.2, 0.25) is 0 Å². The summed E-state index contributed by atoms with van der Waals surface area (Å²) in [6, 6.07) is -1.01. The molecule has 150 valence electrons. The van der Waals surface area contributed by atoms with Gasteiger partial charge in [-0.05, 0) is 0 Å². The number of nitrogen functional groups attached to an aromatic ring is 1. The molecule has 1 aliphatic rings. The lowest BCUT2D eigenvalue weighted by Gasteiger charge is -2.18. The van der Waals surface area contributed by atoms with Crippen LogP contribution in [0.25, 0.3) is 11.2 Å². The van der Waals surface area contributed by atoms with Crippen LogP contribution in [0.3, 0.4) is 0 Å². The molecule has 0 radical (unpaired) electrons. The standard InChI is InChI=1S/C11H18N6O8P2/c12-6-5(1-24-27(22,23)4-26(19,20)21)25-11(8(6)18)17-3-16-7-9(13)14-2-15-10(7)17/h2-3,5-6,8,11,18H,1,4,12H2,(H,22,23)(H2,13,14,15)(H2,19,20,21)/t5-,6-,8-,11-/m1/s1. The number of rotatable bonds is 6. The van der Waals surface area contributed by atoms with Crippen molar-refractivity contribution in [2.24, 2.45) is 5.73 Å². The zero-order chi connectivity index (χ0) is 20.0. The van der Waals surface area contributed by atoms with Crippen LogP contribution in [0.5, 0.6) is 0 Å². The van der Waals surface area contributed by atoms with Gasteiger partial charge in [-0.1, -0.05) is 0 Å². The highest BCUT2D eigenvalue weighted by Gasteiger charge is 2.44. The van der Waals surface area contributed by atoms with Gasteiger partial charge in [0.1, 0.15) is 24.1 Å². The first kappa shape index (κ1) is 20.3. The van der Waals surface area contributed by atoms with E-state index in [1.54, 1.807) is 0 Å². The van der Waals surface area contributed by atoms with Gasteiger partial charge in [0.25, 0.3) is 0 Å². The second-order valence-corrected chi connectivity index (χ2v) is 9.95. The summed E-state index contributed by atoms with van der Waals surface area (Å²) in [5.74, 6) is -1.20. The molecular formula is C11H18N6O8P2. The van der Waals surface area contributed by atoms with Gasteiger partial charge >= 0.3 is 15.2 Å². The van der Waals surface area contributed by atoms with E-state index in [-0.39, 0.29) is 11.5 Å². The minimum Gasteiger partial charge on any atom is -0.387 e. The molecular weight excluding hydrogens is 406 g/mol. The highest BCUT2D eigenvalue weighted by atomic mass is 31.2. The molecule has 1 aliphatic heterocycles. The molecule has 2 aromatic rings. The summed E-state index contributed by atoms with van der Waals surface area (Å²) in [6.45, 7) is -0.563. The molecule has 0 aromatic carbocycles. The van der Waals surface area contributed by atoms with E-state index in [0.717, 1.165) is 0 Å². The smallest absolute Gasteiger partial charge is 0.340 e. The first-order valence-electron chi connectivity index (χ1n) is 7.51. The Morgan fingerprint density at radius 1 is 1.26 bits per heavy atom. The predicted molar refractivity (Wildman–Crippen MR) is 90.3 cm³/mol. The molecule has 14 nitrogen and oxygen atoms in total. The zero-order valence-corrected chi connectivity index (χ0v) is 15.4. The third-order valence-corrected chi connectivity index (χ3v) is 7.35. The van der Waals surface area contributed by atoms with E-state index in [0.29, 0.717) is 5.52 Å². The third kappa shape index (κ3) is 4.35. The number of hydrogen-bond donors (Lipinski definition) is 6. The monoisotopic (exact) mass is 424 g/mol. The molecule has 16 heteroatoms. The molecule has 2 aromatic heterocycles. The molecule has 0 amide bonds. The zero-order valence-electron chi connectivity index (χ0n) is 13.6. The SMILES string of the molecule is Nc1ncnc2c1ncn2[C@@H]1O[C@H](COP(=O)(O)CP(=O)(O)O)[C@@H](N)[C@H]1O. The Balaban J connectivity index is 1.75. The summed E-state index contributed by atoms with van der Waals surface area (Å²) in [4.78, 5) is 39.0. The minimum absolute atomic E-state index is 0.133. The number of nitrogens with two attached hydrogens (primary N) is 2. The highest BCUT2D eigenvalue weighted by Crippen LogP contribution is 2.55. The topological polar surface area (TPSA) is 229 Å². The number of nitrogens with zero attached hydrogens (tertiary/aromatic N) is 4. The van der Waals surface area contributed by atoms with Crippen molar-refractivity contribution in [3.05, 3.63) is 12.7 Å². The lowest BCUT2D eigenvalue weighted by Crippen LogP contribution is -2.41. The molecule has 0 spiro atoms. The summed E-state index contributed by atoms with van der Waals surface area (Å²) in [5.41, 5.74) is 12.2. The largest absolute Gasteiger partial charge is 0.387 e. The maximum atomic E-state index is 11.7. The van der Waals surface area contributed by atoms with Gasteiger partial charge in [0, 0.05) is 0 Å². The van der Waals surface area contributed by atoms with Crippen LogP contribution in [-0.4, -0.2) is 70.1 Å². The summed E-state index contributed by atoms with van der Waals surface area (Å²) in [7, 11) is -9.33. The van der Waals surface area contributed by atoms with Gasteiger partial charge < -0.3 is 40.5 Å². The second-order valence-electron chi connectivity index (χ2n) is 5.96. The Labute approximate surface area is 151 Å². The molecule has 5 atom stereocenters. The van der Waals surface area contributed by atoms with Crippen molar-refractivity contribution in [2.75, 3.05) is 18.2 Å². The summed E-state index contributed by atoms with van der Waals surface area (Å²) in [5, 5.41) is 10.4. The fourth-order valence-electron chi connectivity index (χ4n) is 2.66. The fraction of sp³-hybridized carbons (Fsp3) is 0.545. The molecule has 0 aliphatic carbocycles. The van der Waals surface area contributed by atoms with Crippen LogP contribution >= 0.6 is 15.2 Å². The normalized spacial score (nSPS) is 28.5. The summed E-state index contributed by atoms with van der Waals surface area (Å²) < 4.78 is 34.3. The fourth-order valence-corrected chi connectivity index (χ4v) is 5.23. The van der Waals surface area contributed by atoms with Crippen molar-refractivity contribution in [3.8, 4) is 0 Å². The van der Waals surface area contributed by atoms with Crippen LogP contribution in [0.4, 0.5) is 5.82 Å². The van der Waals surface area contributed by atoms with Crippen molar-refractivity contribution < 1.29 is 38.2 Å². The van der Waals surface area contributed by atoms with E-state index in [2.05, 4.69) is 15.0 Å². The minimum atomic E-state index is -4.76. The number of imidazole rings is 1. The van der Waals surface area contributed by atoms with Crippen molar-refractivity contribution in [1.29, 1.82) is 0 Å². The van der Waals surface area contributed by atoms with E-state index in [1.165, 1.54) is 17.2 Å². The molecule has 3 rings (SSSR count). The van der Waals surface area contributed by atoms with Crippen LogP contribution in [0.15, 0.2) is 12.7 Å². The second kappa shape index (κ2) is 7.17. The Bertz CT molecular complexity index is 933. The van der Waals surface area contributed by atoms with Crippen molar-refractivity contribution >= 4 is 32.2 Å². The van der Waals surface area contributed by atoms with Gasteiger partial charge in [-0.15, -0.1) is 0 Å². The van der Waals surface area contributed by atoms with Crippen LogP contribution in [-0.2, 0) is 18.4 Å². The molecule has 1 fully saturated rings. The van der Waals surface area contributed by atoms with E-state index in [4.69, 9.17) is 30.5 Å². The first-order chi connectivity index (χ1) is 12.5. The first-order valence-corrected chi connectivity index (χ1v) is 11.1. The Hall–Kier alpha value is -1.47. The van der Waals surface area contributed by atoms with E-state index >= 15 is 0 Å². The van der Waals surface area contributed by atoms with Crippen LogP contribution in [0, 0.1) is 0 Å². The molecule has 0 bridgehead atoms. The molecule has 8 N–H and O–H groups in total. The number of anilines is 1.